The first-order valence-corrected chi connectivity index (χ1v) is 8.21. The van der Waals surface area contributed by atoms with Crippen molar-refractivity contribution in [3.05, 3.63) is 77.9 Å². The van der Waals surface area contributed by atoms with Crippen LogP contribution in [0.3, 0.4) is 0 Å². The molecule has 3 aromatic rings. The number of likely N-dealkylation sites (N-methyl/N-ethyl adjacent to an activating group) is 1. The molecular weight excluding hydrogens is 330 g/mol. The number of aromatic hydroxyl groups is 1. The van der Waals surface area contributed by atoms with Gasteiger partial charge in [0.05, 0.1) is 0 Å². The van der Waals surface area contributed by atoms with E-state index in [-0.39, 0.29) is 23.8 Å². The average molecular weight is 349 g/mol. The second kappa shape index (κ2) is 7.70. The van der Waals surface area contributed by atoms with Gasteiger partial charge in [-0.3, -0.25) is 4.79 Å². The molecule has 0 heterocycles. The van der Waals surface area contributed by atoms with E-state index in [1.165, 1.54) is 11.0 Å². The normalized spacial score (nSPS) is 10.5. The Kier molecular flexibility index (Phi) is 5.17. The molecule has 3 rings (SSSR count). The Morgan fingerprint density at radius 1 is 0.962 bits per heavy atom. The van der Waals surface area contributed by atoms with Crippen molar-refractivity contribution in [2.24, 2.45) is 0 Å². The number of phenolic OH excluding ortho intramolecular Hbond substituents is 1. The molecule has 0 aliphatic heterocycles. The van der Waals surface area contributed by atoms with E-state index >= 15 is 0 Å². The molecule has 0 aliphatic rings. The minimum Gasteiger partial charge on any atom is -0.507 e. The molecule has 132 valence electrons. The van der Waals surface area contributed by atoms with Crippen LogP contribution in [0, 0.1) is 0 Å². The minimum atomic E-state index is -0.727. The molecule has 0 unspecified atom stereocenters. The highest BCUT2D eigenvalue weighted by atomic mass is 16.5. The van der Waals surface area contributed by atoms with E-state index in [1.54, 1.807) is 13.1 Å². The van der Waals surface area contributed by atoms with Crippen molar-refractivity contribution >= 4 is 22.6 Å². The van der Waals surface area contributed by atoms with E-state index in [2.05, 4.69) is 0 Å². The largest absolute Gasteiger partial charge is 0.507 e. The second-order valence-electron chi connectivity index (χ2n) is 6.03. The van der Waals surface area contributed by atoms with Gasteiger partial charge in [0.25, 0.3) is 5.91 Å². The van der Waals surface area contributed by atoms with Crippen LogP contribution in [-0.2, 0) is 16.1 Å². The monoisotopic (exact) mass is 349 g/mol. The molecule has 0 aromatic heterocycles. The summed E-state index contributed by atoms with van der Waals surface area (Å²) in [5, 5.41) is 11.7. The maximum Gasteiger partial charge on any atom is 0.342 e. The zero-order chi connectivity index (χ0) is 18.5. The average Bonchev–Trinajstić information content (AvgIpc) is 2.66. The molecule has 0 atom stereocenters. The lowest BCUT2D eigenvalue weighted by molar-refractivity contribution is -0.133. The summed E-state index contributed by atoms with van der Waals surface area (Å²) in [6.07, 6.45) is 0. The highest BCUT2D eigenvalue weighted by Gasteiger charge is 2.17. The quantitative estimate of drug-likeness (QED) is 0.717. The van der Waals surface area contributed by atoms with E-state index in [0.29, 0.717) is 6.54 Å². The van der Waals surface area contributed by atoms with Crippen molar-refractivity contribution < 1.29 is 19.4 Å². The molecule has 0 bridgehead atoms. The number of ether oxygens (including phenoxy) is 1. The Labute approximate surface area is 151 Å². The lowest BCUT2D eigenvalue weighted by Crippen LogP contribution is -2.30. The third-order valence-corrected chi connectivity index (χ3v) is 4.10. The van der Waals surface area contributed by atoms with Crippen LogP contribution in [0.15, 0.2) is 66.7 Å². The molecule has 0 radical (unpaired) electrons. The summed E-state index contributed by atoms with van der Waals surface area (Å²) in [5.74, 6) is -1.21. The van der Waals surface area contributed by atoms with Crippen LogP contribution < -0.4 is 0 Å². The predicted molar refractivity (Wildman–Crippen MR) is 98.8 cm³/mol. The van der Waals surface area contributed by atoms with Gasteiger partial charge in [-0.15, -0.1) is 0 Å². The van der Waals surface area contributed by atoms with E-state index < -0.39 is 5.97 Å². The van der Waals surface area contributed by atoms with Gasteiger partial charge in [0.15, 0.2) is 6.61 Å². The van der Waals surface area contributed by atoms with E-state index in [9.17, 15) is 14.7 Å². The molecule has 0 aliphatic carbocycles. The number of hydrogen-bond donors (Lipinski definition) is 1. The van der Waals surface area contributed by atoms with Gasteiger partial charge in [-0.05, 0) is 28.5 Å². The molecule has 26 heavy (non-hydrogen) atoms. The molecule has 0 saturated carbocycles. The first-order valence-electron chi connectivity index (χ1n) is 8.21. The molecule has 1 N–H and O–H groups in total. The van der Waals surface area contributed by atoms with Crippen LogP contribution in [0.1, 0.15) is 15.9 Å². The number of amides is 1. The summed E-state index contributed by atoms with van der Waals surface area (Å²) in [4.78, 5) is 25.9. The number of rotatable bonds is 5. The van der Waals surface area contributed by atoms with Gasteiger partial charge in [0, 0.05) is 13.6 Å². The lowest BCUT2D eigenvalue weighted by Gasteiger charge is -2.17. The topological polar surface area (TPSA) is 66.8 Å². The van der Waals surface area contributed by atoms with Crippen LogP contribution in [0.4, 0.5) is 0 Å². The summed E-state index contributed by atoms with van der Waals surface area (Å²) >= 11 is 0. The van der Waals surface area contributed by atoms with Crippen LogP contribution in [0.25, 0.3) is 10.8 Å². The van der Waals surface area contributed by atoms with Gasteiger partial charge in [-0.2, -0.15) is 0 Å². The van der Waals surface area contributed by atoms with Gasteiger partial charge in [0.1, 0.15) is 11.3 Å². The van der Waals surface area contributed by atoms with Crippen molar-refractivity contribution in [1.29, 1.82) is 0 Å². The molecule has 0 saturated heterocycles. The summed E-state index contributed by atoms with van der Waals surface area (Å²) in [5.41, 5.74) is 1.03. The van der Waals surface area contributed by atoms with E-state index in [0.717, 1.165) is 16.3 Å². The SMILES string of the molecule is CN(Cc1ccccc1)C(=O)COC(=O)c1cc2ccccc2cc1O. The Hall–Kier alpha value is -3.34. The highest BCUT2D eigenvalue weighted by Crippen LogP contribution is 2.25. The van der Waals surface area contributed by atoms with Crippen molar-refractivity contribution in [3.63, 3.8) is 0 Å². The number of carbonyl (C=O) groups excluding carboxylic acids is 2. The predicted octanol–water partition coefficient (Wildman–Crippen LogP) is 3.36. The number of hydrogen-bond acceptors (Lipinski definition) is 4. The van der Waals surface area contributed by atoms with E-state index in [1.807, 2.05) is 54.6 Å². The van der Waals surface area contributed by atoms with E-state index in [4.69, 9.17) is 4.74 Å². The fraction of sp³-hybridized carbons (Fsp3) is 0.143. The molecule has 0 fully saturated rings. The molecule has 5 heteroatoms. The van der Waals surface area contributed by atoms with Gasteiger partial charge in [0.2, 0.25) is 0 Å². The maximum atomic E-state index is 12.2. The highest BCUT2D eigenvalue weighted by molar-refractivity contribution is 5.99. The summed E-state index contributed by atoms with van der Waals surface area (Å²) in [6, 6.07) is 20.0. The van der Waals surface area contributed by atoms with Crippen molar-refractivity contribution in [1.82, 2.24) is 4.90 Å². The van der Waals surface area contributed by atoms with Crippen molar-refractivity contribution in [2.75, 3.05) is 13.7 Å². The maximum absolute atomic E-state index is 12.2. The Bertz CT molecular complexity index is 937. The molecule has 0 spiro atoms. The lowest BCUT2D eigenvalue weighted by atomic mass is 10.1. The first-order chi connectivity index (χ1) is 12.5. The summed E-state index contributed by atoms with van der Waals surface area (Å²) in [7, 11) is 1.65. The molecule has 1 amide bonds. The third-order valence-electron chi connectivity index (χ3n) is 4.10. The second-order valence-corrected chi connectivity index (χ2v) is 6.03. The first kappa shape index (κ1) is 17.5. The van der Waals surface area contributed by atoms with Crippen molar-refractivity contribution in [2.45, 2.75) is 6.54 Å². The van der Waals surface area contributed by atoms with Gasteiger partial charge in [-0.1, -0.05) is 54.6 Å². The van der Waals surface area contributed by atoms with Crippen LogP contribution in [-0.4, -0.2) is 35.5 Å². The third kappa shape index (κ3) is 4.00. The fourth-order valence-corrected chi connectivity index (χ4v) is 2.65. The number of fused-ring (bicyclic) bond motifs is 1. The fourth-order valence-electron chi connectivity index (χ4n) is 2.65. The number of benzene rings is 3. The Morgan fingerprint density at radius 2 is 1.58 bits per heavy atom. The molecular formula is C21H19NO4. The number of nitrogens with zero attached hydrogens (tertiary/aromatic N) is 1. The van der Waals surface area contributed by atoms with Gasteiger partial charge >= 0.3 is 5.97 Å². The van der Waals surface area contributed by atoms with Crippen LogP contribution >= 0.6 is 0 Å². The standard InChI is InChI=1S/C21H19NO4/c1-22(13-15-7-3-2-4-8-15)20(24)14-26-21(25)18-11-16-9-5-6-10-17(16)12-19(18)23/h2-12,23H,13-14H2,1H3. The summed E-state index contributed by atoms with van der Waals surface area (Å²) < 4.78 is 5.09. The Balaban J connectivity index is 1.63. The van der Waals surface area contributed by atoms with Gasteiger partial charge < -0.3 is 14.7 Å². The zero-order valence-electron chi connectivity index (χ0n) is 14.4. The van der Waals surface area contributed by atoms with Crippen LogP contribution in [0.2, 0.25) is 0 Å². The molecule has 5 nitrogen and oxygen atoms in total. The number of carbonyl (C=O) groups is 2. The number of esters is 1. The smallest absolute Gasteiger partial charge is 0.342 e. The zero-order valence-corrected chi connectivity index (χ0v) is 14.4. The Morgan fingerprint density at radius 3 is 2.27 bits per heavy atom. The molecule has 3 aromatic carbocycles. The van der Waals surface area contributed by atoms with Crippen molar-refractivity contribution in [3.8, 4) is 5.75 Å². The van der Waals surface area contributed by atoms with Gasteiger partial charge in [-0.25, -0.2) is 4.79 Å². The summed E-state index contributed by atoms with van der Waals surface area (Å²) in [6.45, 7) is 0.0485. The van der Waals surface area contributed by atoms with Crippen LogP contribution in [0.5, 0.6) is 5.75 Å². The minimum absolute atomic E-state index is 0.0437. The number of phenols is 1.